The van der Waals surface area contributed by atoms with Crippen LogP contribution in [-0.2, 0) is 4.79 Å². The minimum absolute atomic E-state index is 0. The molecule has 0 spiro atoms. The van der Waals surface area contributed by atoms with Crippen LogP contribution in [0.4, 0.5) is 5.69 Å². The van der Waals surface area contributed by atoms with E-state index < -0.39 is 0 Å². The Bertz CT molecular complexity index is 984. The van der Waals surface area contributed by atoms with Gasteiger partial charge in [-0.15, -0.1) is 12.1 Å². The summed E-state index contributed by atoms with van der Waals surface area (Å²) in [5, 5.41) is 3.40. The summed E-state index contributed by atoms with van der Waals surface area (Å²) in [5.41, 5.74) is 4.10. The summed E-state index contributed by atoms with van der Waals surface area (Å²) < 4.78 is 0. The van der Waals surface area contributed by atoms with Crippen molar-refractivity contribution in [3.05, 3.63) is 95.4 Å². The van der Waals surface area contributed by atoms with Crippen LogP contribution in [0.1, 0.15) is 5.56 Å². The molecule has 1 saturated heterocycles. The van der Waals surface area contributed by atoms with Gasteiger partial charge in [0.2, 0.25) is 0 Å². The van der Waals surface area contributed by atoms with Crippen molar-refractivity contribution < 1.29 is 34.4 Å². The predicted octanol–water partition coefficient (Wildman–Crippen LogP) is 2.05. The summed E-state index contributed by atoms with van der Waals surface area (Å²) in [7, 11) is 0. The van der Waals surface area contributed by atoms with Crippen molar-refractivity contribution in [1.82, 2.24) is 5.32 Å². The number of benzene rings is 3. The number of thioether (sulfide) groups is 1. The number of nitrogens with zero attached hydrogens (tertiary/aromatic N) is 1. The van der Waals surface area contributed by atoms with E-state index in [0.717, 1.165) is 16.8 Å². The largest absolute Gasteiger partial charge is 1.00 e. The zero-order chi connectivity index (χ0) is 17.8. The van der Waals surface area contributed by atoms with E-state index in [9.17, 15) is 4.79 Å². The van der Waals surface area contributed by atoms with Crippen molar-refractivity contribution in [2.45, 2.75) is 0 Å². The van der Waals surface area contributed by atoms with Crippen LogP contribution in [0.25, 0.3) is 17.2 Å². The SMILES string of the molecule is O=C1NC(=Nc2cc[c-]cc2)SC1=Cc1ccc(-c2ccccc2)cc1.[Na+]. The molecule has 0 unspecified atom stereocenters. The molecule has 27 heavy (non-hydrogen) atoms. The molecule has 1 amide bonds. The minimum atomic E-state index is -0.122. The first kappa shape index (κ1) is 19.6. The summed E-state index contributed by atoms with van der Waals surface area (Å²) in [6.07, 6.45) is 1.88. The molecule has 126 valence electrons. The molecule has 3 aromatic rings. The molecule has 1 N–H and O–H groups in total. The van der Waals surface area contributed by atoms with Gasteiger partial charge in [-0.1, -0.05) is 54.6 Å². The van der Waals surface area contributed by atoms with Crippen LogP contribution >= 0.6 is 11.8 Å². The number of amidine groups is 1. The Morgan fingerprint density at radius 3 is 2.26 bits per heavy atom. The van der Waals surface area contributed by atoms with Crippen molar-refractivity contribution in [3.8, 4) is 11.1 Å². The number of rotatable bonds is 3. The number of hydrogen-bond donors (Lipinski definition) is 1. The van der Waals surface area contributed by atoms with Gasteiger partial charge in [0.25, 0.3) is 5.91 Å². The second-order valence-electron chi connectivity index (χ2n) is 5.73. The van der Waals surface area contributed by atoms with E-state index in [1.165, 1.54) is 17.3 Å². The molecule has 3 aromatic carbocycles. The number of carbonyl (C=O) groups excluding carboxylic acids is 1. The van der Waals surface area contributed by atoms with Crippen LogP contribution < -0.4 is 34.9 Å². The normalized spacial score (nSPS) is 16.2. The number of carbonyl (C=O) groups is 1. The van der Waals surface area contributed by atoms with Gasteiger partial charge in [-0.05, 0) is 40.2 Å². The van der Waals surface area contributed by atoms with Crippen molar-refractivity contribution in [1.29, 1.82) is 0 Å². The van der Waals surface area contributed by atoms with Crippen LogP contribution in [-0.4, -0.2) is 11.1 Å². The maximum atomic E-state index is 12.2. The fraction of sp³-hybridized carbons (Fsp3) is 0. The number of hydrogen-bond acceptors (Lipinski definition) is 3. The van der Waals surface area contributed by atoms with Crippen molar-refractivity contribution >= 4 is 34.6 Å². The van der Waals surface area contributed by atoms with Crippen LogP contribution in [0.3, 0.4) is 0 Å². The summed E-state index contributed by atoms with van der Waals surface area (Å²) in [5.74, 6) is -0.122. The summed E-state index contributed by atoms with van der Waals surface area (Å²) in [4.78, 5) is 17.3. The maximum absolute atomic E-state index is 12.2. The van der Waals surface area contributed by atoms with Crippen molar-refractivity contribution in [2.75, 3.05) is 0 Å². The summed E-state index contributed by atoms with van der Waals surface area (Å²) >= 11 is 1.35. The molecule has 1 fully saturated rings. The molecular formula is C22H15N2NaOS. The number of nitrogens with one attached hydrogen (secondary N) is 1. The van der Waals surface area contributed by atoms with Gasteiger partial charge in [-0.25, -0.2) is 0 Å². The number of aliphatic imine (C=N–C) groups is 1. The van der Waals surface area contributed by atoms with Crippen LogP contribution in [0.5, 0.6) is 0 Å². The third-order valence-electron chi connectivity index (χ3n) is 3.90. The fourth-order valence-electron chi connectivity index (χ4n) is 2.60. The molecule has 0 radical (unpaired) electrons. The zero-order valence-corrected chi connectivity index (χ0v) is 17.7. The Hall–Kier alpha value is -2.11. The first-order chi connectivity index (χ1) is 12.8. The first-order valence-corrected chi connectivity index (χ1v) is 9.01. The van der Waals surface area contributed by atoms with E-state index in [-0.39, 0.29) is 35.5 Å². The molecule has 1 aliphatic rings. The third-order valence-corrected chi connectivity index (χ3v) is 4.81. The van der Waals surface area contributed by atoms with Gasteiger partial charge in [0.15, 0.2) is 5.17 Å². The first-order valence-electron chi connectivity index (χ1n) is 8.19. The Balaban J connectivity index is 0.00000210. The molecule has 1 heterocycles. The minimum Gasteiger partial charge on any atom is -0.300 e. The second-order valence-corrected chi connectivity index (χ2v) is 6.76. The van der Waals surface area contributed by atoms with Gasteiger partial charge in [0, 0.05) is 0 Å². The third kappa shape index (κ3) is 4.99. The smallest absolute Gasteiger partial charge is 0.300 e. The van der Waals surface area contributed by atoms with Crippen molar-refractivity contribution in [2.24, 2.45) is 4.99 Å². The molecule has 5 heteroatoms. The quantitative estimate of drug-likeness (QED) is 0.431. The standard InChI is InChI=1S/C22H15N2OS.Na/c25-21-20(26-22(24-21)23-19-9-5-2-6-10-19)15-16-11-13-18(14-12-16)17-7-3-1-4-8-17;/h1,3-15H,(H,23,24,25);/q-1;+1. The van der Waals surface area contributed by atoms with Gasteiger partial charge in [0.1, 0.15) is 0 Å². The Morgan fingerprint density at radius 2 is 1.56 bits per heavy atom. The van der Waals surface area contributed by atoms with Gasteiger partial charge >= 0.3 is 29.6 Å². The summed E-state index contributed by atoms with van der Waals surface area (Å²) in [6, 6.07) is 28.6. The van der Waals surface area contributed by atoms with Crippen LogP contribution in [0.15, 0.2) is 88.8 Å². The second kappa shape index (κ2) is 9.20. The van der Waals surface area contributed by atoms with Crippen LogP contribution in [0, 0.1) is 6.07 Å². The van der Waals surface area contributed by atoms with E-state index >= 15 is 0 Å². The average molecular weight is 378 g/mol. The molecular weight excluding hydrogens is 363 g/mol. The molecule has 3 nitrogen and oxygen atoms in total. The molecule has 0 atom stereocenters. The Morgan fingerprint density at radius 1 is 0.889 bits per heavy atom. The van der Waals surface area contributed by atoms with E-state index in [1.807, 2.05) is 48.5 Å². The molecule has 0 aromatic heterocycles. The molecule has 0 aliphatic carbocycles. The summed E-state index contributed by atoms with van der Waals surface area (Å²) in [6.45, 7) is 0. The monoisotopic (exact) mass is 378 g/mol. The molecule has 4 rings (SSSR count). The van der Waals surface area contributed by atoms with E-state index in [2.05, 4.69) is 40.6 Å². The molecule has 0 bridgehead atoms. The fourth-order valence-corrected chi connectivity index (χ4v) is 3.45. The molecule has 1 aliphatic heterocycles. The van der Waals surface area contributed by atoms with Crippen LogP contribution in [0.2, 0.25) is 0 Å². The maximum Gasteiger partial charge on any atom is 1.00 e. The van der Waals surface area contributed by atoms with Gasteiger partial charge in [-0.2, -0.15) is 18.2 Å². The Labute approximate surface area is 184 Å². The van der Waals surface area contributed by atoms with Gasteiger partial charge in [0.05, 0.1) is 4.91 Å². The number of amides is 1. The topological polar surface area (TPSA) is 41.5 Å². The molecule has 0 saturated carbocycles. The van der Waals surface area contributed by atoms with Gasteiger partial charge in [-0.3, -0.25) is 9.79 Å². The predicted molar refractivity (Wildman–Crippen MR) is 108 cm³/mol. The van der Waals surface area contributed by atoms with Gasteiger partial charge < -0.3 is 5.32 Å². The van der Waals surface area contributed by atoms with Crippen molar-refractivity contribution in [3.63, 3.8) is 0 Å². The van der Waals surface area contributed by atoms with E-state index in [1.54, 1.807) is 12.1 Å². The van der Waals surface area contributed by atoms with E-state index in [4.69, 9.17) is 0 Å². The Kier molecular flexibility index (Phi) is 6.69. The average Bonchev–Trinajstić information content (AvgIpc) is 3.03. The van der Waals surface area contributed by atoms with E-state index in [0.29, 0.717) is 10.1 Å². The zero-order valence-electron chi connectivity index (χ0n) is 14.8.